The van der Waals surface area contributed by atoms with E-state index in [1.54, 1.807) is 31.8 Å². The second kappa shape index (κ2) is 5.89. The van der Waals surface area contributed by atoms with Gasteiger partial charge >= 0.3 is 0 Å². The molecule has 7 nitrogen and oxygen atoms in total. The largest absolute Gasteiger partial charge is 0.497 e. The summed E-state index contributed by atoms with van der Waals surface area (Å²) in [5.74, 6) is 2.08. The molecule has 3 heterocycles. The number of rotatable bonds is 4. The van der Waals surface area contributed by atoms with E-state index >= 15 is 0 Å². The van der Waals surface area contributed by atoms with Gasteiger partial charge in [0.05, 0.1) is 18.9 Å². The number of aromatic nitrogens is 4. The summed E-state index contributed by atoms with van der Waals surface area (Å²) < 4.78 is 32.4. The normalized spacial score (nSPS) is 18.5. The standard InChI is InChI=1S/C17H16N4O3S/c1-24-15-4-2-13(3-5-15)20-9-7-18-16(20)17-19-8-10-21(17)14-6-11-25(22,23)12-14/h2-11,14H,12H2,1H3. The van der Waals surface area contributed by atoms with E-state index in [4.69, 9.17) is 4.74 Å². The van der Waals surface area contributed by atoms with Crippen LogP contribution in [0.15, 0.2) is 60.5 Å². The third kappa shape index (κ3) is 2.85. The topological polar surface area (TPSA) is 79.0 Å². The molecule has 1 unspecified atom stereocenters. The van der Waals surface area contributed by atoms with Gasteiger partial charge in [0.25, 0.3) is 0 Å². The van der Waals surface area contributed by atoms with E-state index in [2.05, 4.69) is 9.97 Å². The lowest BCUT2D eigenvalue weighted by molar-refractivity contribution is 0.415. The monoisotopic (exact) mass is 356 g/mol. The number of hydrogen-bond donors (Lipinski definition) is 0. The summed E-state index contributed by atoms with van der Waals surface area (Å²) in [5.41, 5.74) is 0.914. The molecule has 1 atom stereocenters. The first kappa shape index (κ1) is 15.6. The van der Waals surface area contributed by atoms with Crippen LogP contribution in [0, 0.1) is 0 Å². The fourth-order valence-electron chi connectivity index (χ4n) is 2.91. The van der Waals surface area contributed by atoms with E-state index in [1.165, 1.54) is 5.41 Å². The molecule has 25 heavy (non-hydrogen) atoms. The number of hydrogen-bond acceptors (Lipinski definition) is 5. The van der Waals surface area contributed by atoms with Gasteiger partial charge in [-0.05, 0) is 30.3 Å². The van der Waals surface area contributed by atoms with E-state index < -0.39 is 9.84 Å². The maximum atomic E-state index is 11.7. The molecule has 0 N–H and O–H groups in total. The second-order valence-corrected chi connectivity index (χ2v) is 7.63. The highest BCUT2D eigenvalue weighted by Crippen LogP contribution is 2.27. The Hall–Kier alpha value is -2.87. The zero-order chi connectivity index (χ0) is 17.4. The second-order valence-electron chi connectivity index (χ2n) is 5.70. The highest BCUT2D eigenvalue weighted by atomic mass is 32.2. The van der Waals surface area contributed by atoms with E-state index in [1.807, 2.05) is 39.6 Å². The molecule has 8 heteroatoms. The summed E-state index contributed by atoms with van der Waals surface area (Å²) in [7, 11) is -1.52. The minimum atomic E-state index is -3.15. The van der Waals surface area contributed by atoms with Crippen molar-refractivity contribution in [2.24, 2.45) is 0 Å². The van der Waals surface area contributed by atoms with Crippen LogP contribution in [0.25, 0.3) is 17.3 Å². The van der Waals surface area contributed by atoms with E-state index in [9.17, 15) is 8.42 Å². The fraction of sp³-hybridized carbons (Fsp3) is 0.176. The Kier molecular flexibility index (Phi) is 3.69. The van der Waals surface area contributed by atoms with Gasteiger partial charge in [0, 0.05) is 35.9 Å². The van der Waals surface area contributed by atoms with Crippen LogP contribution in [-0.2, 0) is 9.84 Å². The Morgan fingerprint density at radius 2 is 1.80 bits per heavy atom. The molecular formula is C17H16N4O3S. The smallest absolute Gasteiger partial charge is 0.181 e. The summed E-state index contributed by atoms with van der Waals surface area (Å²) >= 11 is 0. The zero-order valence-electron chi connectivity index (χ0n) is 13.5. The molecule has 2 aromatic heterocycles. The van der Waals surface area contributed by atoms with E-state index in [0.717, 1.165) is 11.4 Å². The number of ether oxygens (including phenoxy) is 1. The third-order valence-corrected chi connectivity index (χ3v) is 5.51. The van der Waals surface area contributed by atoms with Gasteiger partial charge in [-0.15, -0.1) is 0 Å². The van der Waals surface area contributed by atoms with Crippen molar-refractivity contribution in [1.29, 1.82) is 0 Å². The predicted octanol–water partition coefficient (Wildman–Crippen LogP) is 2.23. The molecule has 0 radical (unpaired) electrons. The molecule has 0 bridgehead atoms. The summed E-state index contributed by atoms with van der Waals surface area (Å²) in [4.78, 5) is 8.82. The van der Waals surface area contributed by atoms with Crippen LogP contribution in [-0.4, -0.2) is 40.4 Å². The van der Waals surface area contributed by atoms with Gasteiger partial charge in [-0.1, -0.05) is 0 Å². The maximum absolute atomic E-state index is 11.7. The van der Waals surface area contributed by atoms with Crippen LogP contribution in [0.2, 0.25) is 0 Å². The average molecular weight is 356 g/mol. The number of nitrogens with zero attached hydrogens (tertiary/aromatic N) is 4. The molecule has 4 rings (SSSR count). The zero-order valence-corrected chi connectivity index (χ0v) is 14.3. The quantitative estimate of drug-likeness (QED) is 0.716. The number of sulfone groups is 1. The Labute approximate surface area is 145 Å². The lowest BCUT2D eigenvalue weighted by atomic mass is 10.3. The Balaban J connectivity index is 1.74. The molecular weight excluding hydrogens is 340 g/mol. The van der Waals surface area contributed by atoms with Crippen molar-refractivity contribution in [3.05, 3.63) is 60.5 Å². The van der Waals surface area contributed by atoms with Crippen LogP contribution < -0.4 is 4.74 Å². The molecule has 1 aromatic carbocycles. The first-order chi connectivity index (χ1) is 12.1. The fourth-order valence-corrected chi connectivity index (χ4v) is 4.19. The minimum absolute atomic E-state index is 0.0413. The number of benzene rings is 1. The van der Waals surface area contributed by atoms with Crippen LogP contribution in [0.3, 0.4) is 0 Å². The van der Waals surface area contributed by atoms with Gasteiger partial charge in [-0.25, -0.2) is 18.4 Å². The molecule has 1 aliphatic rings. The molecule has 0 spiro atoms. The third-order valence-electron chi connectivity index (χ3n) is 4.13. The number of methoxy groups -OCH3 is 1. The van der Waals surface area contributed by atoms with Crippen LogP contribution in [0.1, 0.15) is 6.04 Å². The molecule has 128 valence electrons. The van der Waals surface area contributed by atoms with Crippen molar-refractivity contribution in [1.82, 2.24) is 19.1 Å². The van der Waals surface area contributed by atoms with Crippen molar-refractivity contribution in [3.63, 3.8) is 0 Å². The lowest BCUT2D eigenvalue weighted by Crippen LogP contribution is -2.13. The molecule has 3 aromatic rings. The molecule has 1 aliphatic heterocycles. The summed E-state index contributed by atoms with van der Waals surface area (Å²) in [6.07, 6.45) is 8.65. The van der Waals surface area contributed by atoms with Crippen molar-refractivity contribution < 1.29 is 13.2 Å². The van der Waals surface area contributed by atoms with Gasteiger partial charge in [-0.3, -0.25) is 4.57 Å². The van der Waals surface area contributed by atoms with Crippen LogP contribution in [0.4, 0.5) is 0 Å². The highest BCUT2D eigenvalue weighted by Gasteiger charge is 2.26. The SMILES string of the molecule is COc1ccc(-n2ccnc2-c2nccn2C2C=CS(=O)(=O)C2)cc1. The Morgan fingerprint density at radius 1 is 1.08 bits per heavy atom. The molecule has 0 aliphatic carbocycles. The average Bonchev–Trinajstić information content (AvgIpc) is 3.32. The van der Waals surface area contributed by atoms with Gasteiger partial charge in [0.2, 0.25) is 0 Å². The first-order valence-corrected chi connectivity index (χ1v) is 9.41. The maximum Gasteiger partial charge on any atom is 0.181 e. The van der Waals surface area contributed by atoms with Gasteiger partial charge in [0.15, 0.2) is 21.5 Å². The lowest BCUT2D eigenvalue weighted by Gasteiger charge is -2.14. The predicted molar refractivity (Wildman–Crippen MR) is 93.3 cm³/mol. The van der Waals surface area contributed by atoms with Crippen molar-refractivity contribution in [3.8, 4) is 23.1 Å². The van der Waals surface area contributed by atoms with E-state index in [-0.39, 0.29) is 11.8 Å². The van der Waals surface area contributed by atoms with Gasteiger partial charge in [0.1, 0.15) is 5.75 Å². The molecule has 0 amide bonds. The van der Waals surface area contributed by atoms with Crippen molar-refractivity contribution >= 4 is 9.84 Å². The van der Waals surface area contributed by atoms with Crippen molar-refractivity contribution in [2.45, 2.75) is 6.04 Å². The van der Waals surface area contributed by atoms with Gasteiger partial charge in [-0.2, -0.15) is 0 Å². The number of imidazole rings is 2. The minimum Gasteiger partial charge on any atom is -0.497 e. The van der Waals surface area contributed by atoms with Gasteiger partial charge < -0.3 is 9.30 Å². The van der Waals surface area contributed by atoms with E-state index in [0.29, 0.717) is 11.6 Å². The molecule has 0 saturated carbocycles. The Morgan fingerprint density at radius 3 is 2.48 bits per heavy atom. The summed E-state index contributed by atoms with van der Waals surface area (Å²) in [6, 6.07) is 7.33. The Bertz CT molecular complexity index is 1030. The number of allylic oxidation sites excluding steroid dienone is 1. The molecule has 0 fully saturated rings. The highest BCUT2D eigenvalue weighted by molar-refractivity contribution is 7.94. The van der Waals surface area contributed by atoms with Crippen LogP contribution >= 0.6 is 0 Å². The summed E-state index contributed by atoms with van der Waals surface area (Å²) in [5, 5.41) is 1.26. The summed E-state index contributed by atoms with van der Waals surface area (Å²) in [6.45, 7) is 0. The van der Waals surface area contributed by atoms with Crippen molar-refractivity contribution in [2.75, 3.05) is 12.9 Å². The first-order valence-electron chi connectivity index (χ1n) is 7.69. The van der Waals surface area contributed by atoms with Crippen LogP contribution in [0.5, 0.6) is 5.75 Å². The molecule has 0 saturated heterocycles.